The van der Waals surface area contributed by atoms with E-state index in [2.05, 4.69) is 29.0 Å². The lowest BCUT2D eigenvalue weighted by Gasteiger charge is -2.10. The van der Waals surface area contributed by atoms with Gasteiger partial charge in [0.1, 0.15) is 12.1 Å². The molecule has 0 amide bonds. The molecular formula is C18H21N3O2. The first kappa shape index (κ1) is 15.5. The Morgan fingerprint density at radius 1 is 1.04 bits per heavy atom. The fraction of sp³-hybridized carbons (Fsp3) is 0.333. The predicted molar refractivity (Wildman–Crippen MR) is 89.9 cm³/mol. The van der Waals surface area contributed by atoms with Gasteiger partial charge in [0.2, 0.25) is 0 Å². The van der Waals surface area contributed by atoms with Crippen molar-refractivity contribution in [2.45, 2.75) is 20.4 Å². The molecule has 0 bridgehead atoms. The molecule has 5 heteroatoms. The lowest BCUT2D eigenvalue weighted by molar-refractivity contribution is 0.139. The highest BCUT2D eigenvalue weighted by Crippen LogP contribution is 2.24. The lowest BCUT2D eigenvalue weighted by atomic mass is 10.2. The van der Waals surface area contributed by atoms with E-state index in [1.165, 1.54) is 5.56 Å². The zero-order chi connectivity index (χ0) is 16.2. The van der Waals surface area contributed by atoms with Gasteiger partial charge in [0.05, 0.1) is 13.2 Å². The summed E-state index contributed by atoms with van der Waals surface area (Å²) in [6.07, 6.45) is 0. The van der Waals surface area contributed by atoms with Gasteiger partial charge < -0.3 is 9.47 Å². The van der Waals surface area contributed by atoms with Crippen LogP contribution >= 0.6 is 0 Å². The summed E-state index contributed by atoms with van der Waals surface area (Å²) in [6, 6.07) is 12.9. The number of hydrogen-bond donors (Lipinski definition) is 0. The van der Waals surface area contributed by atoms with Crippen molar-refractivity contribution < 1.29 is 9.47 Å². The zero-order valence-corrected chi connectivity index (χ0v) is 13.7. The van der Waals surface area contributed by atoms with Crippen LogP contribution in [0.15, 0.2) is 36.4 Å². The normalized spacial score (nSPS) is 11.1. The summed E-state index contributed by atoms with van der Waals surface area (Å²) in [6.45, 7) is 5.72. The quantitative estimate of drug-likeness (QED) is 0.656. The molecule has 0 aliphatic heterocycles. The first-order valence-electron chi connectivity index (χ1n) is 7.69. The second-order valence-corrected chi connectivity index (χ2v) is 5.56. The van der Waals surface area contributed by atoms with Crippen LogP contribution in [0.4, 0.5) is 0 Å². The number of nitrogens with zero attached hydrogens (tertiary/aromatic N) is 3. The molecule has 2 heterocycles. The summed E-state index contributed by atoms with van der Waals surface area (Å²) < 4.78 is 12.9. The van der Waals surface area contributed by atoms with Gasteiger partial charge in [-0.05, 0) is 31.0 Å². The van der Waals surface area contributed by atoms with Crippen LogP contribution in [0, 0.1) is 13.8 Å². The fourth-order valence-electron chi connectivity index (χ4n) is 2.62. The van der Waals surface area contributed by atoms with E-state index < -0.39 is 0 Å². The summed E-state index contributed by atoms with van der Waals surface area (Å²) in [4.78, 5) is 9.31. The highest BCUT2D eigenvalue weighted by Gasteiger charge is 2.16. The number of methoxy groups -OCH3 is 1. The maximum absolute atomic E-state index is 5.82. The van der Waals surface area contributed by atoms with Gasteiger partial charge in [-0.25, -0.2) is 4.98 Å². The Labute approximate surface area is 135 Å². The Balaban J connectivity index is 2.05. The minimum atomic E-state index is 0.465. The molecule has 0 spiro atoms. The Bertz CT molecular complexity index is 797. The predicted octanol–water partition coefficient (Wildman–Crippen LogP) is 3.12. The lowest BCUT2D eigenvalue weighted by Crippen LogP contribution is -2.10. The molecule has 0 fully saturated rings. The highest BCUT2D eigenvalue weighted by atomic mass is 16.5. The highest BCUT2D eigenvalue weighted by molar-refractivity contribution is 5.76. The number of benzene rings is 1. The maximum atomic E-state index is 5.82. The van der Waals surface area contributed by atoms with Crippen LogP contribution in [-0.2, 0) is 11.3 Å². The van der Waals surface area contributed by atoms with Crippen molar-refractivity contribution in [2.24, 2.45) is 0 Å². The van der Waals surface area contributed by atoms with Crippen molar-refractivity contribution in [1.29, 1.82) is 0 Å². The van der Waals surface area contributed by atoms with E-state index in [9.17, 15) is 0 Å². The SMILES string of the molecule is COCCOc1nc2c(C)cc(C)nc2n1Cc1ccccc1. The first-order chi connectivity index (χ1) is 11.2. The van der Waals surface area contributed by atoms with E-state index in [0.29, 0.717) is 25.8 Å². The van der Waals surface area contributed by atoms with Crippen LogP contribution in [-0.4, -0.2) is 34.9 Å². The van der Waals surface area contributed by atoms with Crippen molar-refractivity contribution in [3.05, 3.63) is 53.2 Å². The molecule has 5 nitrogen and oxygen atoms in total. The summed E-state index contributed by atoms with van der Waals surface area (Å²) in [5, 5.41) is 0. The van der Waals surface area contributed by atoms with Crippen molar-refractivity contribution >= 4 is 11.2 Å². The molecular weight excluding hydrogens is 290 g/mol. The molecule has 2 aromatic heterocycles. The number of ether oxygens (including phenoxy) is 2. The summed E-state index contributed by atoms with van der Waals surface area (Å²) >= 11 is 0. The minimum Gasteiger partial charge on any atom is -0.462 e. The van der Waals surface area contributed by atoms with Crippen molar-refractivity contribution in [1.82, 2.24) is 14.5 Å². The average molecular weight is 311 g/mol. The van der Waals surface area contributed by atoms with Crippen LogP contribution in [0.25, 0.3) is 11.2 Å². The Hall–Kier alpha value is -2.40. The van der Waals surface area contributed by atoms with E-state index in [4.69, 9.17) is 9.47 Å². The molecule has 0 saturated carbocycles. The third-order valence-electron chi connectivity index (χ3n) is 3.69. The van der Waals surface area contributed by atoms with Crippen molar-refractivity contribution in [2.75, 3.05) is 20.3 Å². The van der Waals surface area contributed by atoms with Gasteiger partial charge in [-0.1, -0.05) is 30.3 Å². The van der Waals surface area contributed by atoms with Crippen molar-refractivity contribution in [3.8, 4) is 6.01 Å². The Morgan fingerprint density at radius 3 is 2.57 bits per heavy atom. The van der Waals surface area contributed by atoms with Gasteiger partial charge in [-0.2, -0.15) is 4.98 Å². The molecule has 3 rings (SSSR count). The zero-order valence-electron chi connectivity index (χ0n) is 13.7. The number of rotatable bonds is 6. The van der Waals surface area contributed by atoms with Gasteiger partial charge in [0.25, 0.3) is 6.01 Å². The minimum absolute atomic E-state index is 0.465. The van der Waals surface area contributed by atoms with Crippen LogP contribution in [0.2, 0.25) is 0 Å². The number of fused-ring (bicyclic) bond motifs is 1. The van der Waals surface area contributed by atoms with E-state index >= 15 is 0 Å². The topological polar surface area (TPSA) is 49.2 Å². The van der Waals surface area contributed by atoms with E-state index in [0.717, 1.165) is 22.4 Å². The third kappa shape index (κ3) is 3.35. The van der Waals surface area contributed by atoms with E-state index in [-0.39, 0.29) is 0 Å². The van der Waals surface area contributed by atoms with Crippen LogP contribution < -0.4 is 4.74 Å². The number of pyridine rings is 1. The fourth-order valence-corrected chi connectivity index (χ4v) is 2.62. The molecule has 0 aliphatic carbocycles. The Morgan fingerprint density at radius 2 is 1.83 bits per heavy atom. The molecule has 0 atom stereocenters. The largest absolute Gasteiger partial charge is 0.462 e. The molecule has 0 saturated heterocycles. The van der Waals surface area contributed by atoms with Crippen molar-refractivity contribution in [3.63, 3.8) is 0 Å². The smallest absolute Gasteiger partial charge is 0.298 e. The molecule has 0 radical (unpaired) electrons. The standard InChI is InChI=1S/C18H21N3O2/c1-13-11-14(2)19-17-16(13)20-18(23-10-9-22-3)21(17)12-15-7-5-4-6-8-15/h4-8,11H,9-10,12H2,1-3H3. The maximum Gasteiger partial charge on any atom is 0.298 e. The molecule has 1 aromatic carbocycles. The van der Waals surface area contributed by atoms with Gasteiger partial charge in [0, 0.05) is 12.8 Å². The first-order valence-corrected chi connectivity index (χ1v) is 7.69. The molecule has 0 unspecified atom stereocenters. The molecule has 0 N–H and O–H groups in total. The summed E-state index contributed by atoms with van der Waals surface area (Å²) in [5.74, 6) is 0. The van der Waals surface area contributed by atoms with E-state index in [1.807, 2.05) is 35.8 Å². The van der Waals surface area contributed by atoms with Gasteiger partial charge in [0.15, 0.2) is 5.65 Å². The van der Waals surface area contributed by atoms with Gasteiger partial charge in [-0.3, -0.25) is 4.57 Å². The van der Waals surface area contributed by atoms with Crippen LogP contribution in [0.3, 0.4) is 0 Å². The van der Waals surface area contributed by atoms with Crippen LogP contribution in [0.1, 0.15) is 16.8 Å². The number of hydrogen-bond acceptors (Lipinski definition) is 4. The van der Waals surface area contributed by atoms with Gasteiger partial charge in [-0.15, -0.1) is 0 Å². The number of imidazole rings is 1. The molecule has 0 aliphatic rings. The molecule has 120 valence electrons. The van der Waals surface area contributed by atoms with Gasteiger partial charge >= 0.3 is 0 Å². The average Bonchev–Trinajstić information content (AvgIpc) is 2.87. The monoisotopic (exact) mass is 311 g/mol. The summed E-state index contributed by atoms with van der Waals surface area (Å²) in [5.41, 5.74) is 5.02. The number of aryl methyl sites for hydroxylation is 2. The van der Waals surface area contributed by atoms with E-state index in [1.54, 1.807) is 7.11 Å². The Kier molecular flexibility index (Phi) is 4.57. The molecule has 23 heavy (non-hydrogen) atoms. The van der Waals surface area contributed by atoms with Crippen LogP contribution in [0.5, 0.6) is 6.01 Å². The second-order valence-electron chi connectivity index (χ2n) is 5.56. The second kappa shape index (κ2) is 6.79. The third-order valence-corrected chi connectivity index (χ3v) is 3.69. The number of aromatic nitrogens is 3. The molecule has 3 aromatic rings. The summed E-state index contributed by atoms with van der Waals surface area (Å²) in [7, 11) is 1.66.